The van der Waals surface area contributed by atoms with Crippen LogP contribution in [0.5, 0.6) is 0 Å². The number of halogens is 2. The Bertz CT molecular complexity index is 549. The minimum Gasteiger partial charge on any atom is -0.369 e. The third-order valence-electron chi connectivity index (χ3n) is 3.51. The molecule has 1 saturated heterocycles. The topological polar surface area (TPSA) is 63.4 Å². The van der Waals surface area contributed by atoms with Gasteiger partial charge in [-0.25, -0.2) is 0 Å². The average Bonchev–Trinajstić information content (AvgIpc) is 2.76. The number of hydrogen-bond donors (Lipinski definition) is 1. The Balaban J connectivity index is 2.22. The van der Waals surface area contributed by atoms with Crippen molar-refractivity contribution in [3.05, 3.63) is 33.3 Å². The lowest BCUT2D eigenvalue weighted by molar-refractivity contribution is -0.126. The van der Waals surface area contributed by atoms with Crippen molar-refractivity contribution in [1.82, 2.24) is 4.90 Å². The van der Waals surface area contributed by atoms with E-state index in [1.54, 1.807) is 30.0 Å². The second kappa shape index (κ2) is 5.13. The normalized spacial score (nSPS) is 22.6. The van der Waals surface area contributed by atoms with Crippen molar-refractivity contribution in [1.29, 1.82) is 0 Å². The summed E-state index contributed by atoms with van der Waals surface area (Å²) in [5.74, 6) is -0.507. The molecule has 2 N–H and O–H groups in total. The number of carbonyl (C=O) groups is 2. The molecule has 2 amide bonds. The van der Waals surface area contributed by atoms with Crippen LogP contribution in [-0.2, 0) is 4.79 Å². The number of likely N-dealkylation sites (tertiary alicyclic amines) is 1. The predicted molar refractivity (Wildman–Crippen MR) is 77.0 cm³/mol. The molecule has 102 valence electrons. The minimum atomic E-state index is -0.638. The number of primary amides is 1. The lowest BCUT2D eigenvalue weighted by atomic mass is 9.89. The van der Waals surface area contributed by atoms with Gasteiger partial charge in [0, 0.05) is 22.6 Å². The van der Waals surface area contributed by atoms with Crippen LogP contribution in [-0.4, -0.2) is 29.8 Å². The summed E-state index contributed by atoms with van der Waals surface area (Å²) in [6.07, 6.45) is 0.590. The maximum atomic E-state index is 12.4. The van der Waals surface area contributed by atoms with Gasteiger partial charge in [-0.1, -0.05) is 11.6 Å². The van der Waals surface area contributed by atoms with E-state index >= 15 is 0 Å². The first-order valence-electron chi connectivity index (χ1n) is 5.88. The fourth-order valence-electron chi connectivity index (χ4n) is 2.17. The molecule has 0 aliphatic carbocycles. The van der Waals surface area contributed by atoms with Crippen LogP contribution < -0.4 is 5.73 Å². The lowest BCUT2D eigenvalue weighted by Gasteiger charge is -2.21. The van der Waals surface area contributed by atoms with Crippen molar-refractivity contribution < 1.29 is 9.59 Å². The zero-order valence-electron chi connectivity index (χ0n) is 10.5. The van der Waals surface area contributed by atoms with Gasteiger partial charge in [-0.15, -0.1) is 0 Å². The molecule has 0 radical (unpaired) electrons. The number of benzene rings is 1. The van der Waals surface area contributed by atoms with Crippen molar-refractivity contribution >= 4 is 39.3 Å². The van der Waals surface area contributed by atoms with Gasteiger partial charge in [-0.3, -0.25) is 9.59 Å². The largest absolute Gasteiger partial charge is 0.369 e. The van der Waals surface area contributed by atoms with Gasteiger partial charge in [0.15, 0.2) is 0 Å². The number of rotatable bonds is 2. The second-order valence-corrected chi connectivity index (χ2v) is 6.32. The first-order valence-corrected chi connectivity index (χ1v) is 7.05. The Labute approximate surface area is 125 Å². The van der Waals surface area contributed by atoms with Crippen LogP contribution in [0.1, 0.15) is 23.7 Å². The quantitative estimate of drug-likeness (QED) is 0.895. The first-order chi connectivity index (χ1) is 8.83. The molecule has 1 aliphatic heterocycles. The zero-order valence-corrected chi connectivity index (χ0v) is 12.8. The molecular weight excluding hydrogens is 332 g/mol. The lowest BCUT2D eigenvalue weighted by Crippen LogP contribution is -2.38. The van der Waals surface area contributed by atoms with Crippen LogP contribution in [0, 0.1) is 5.41 Å². The Morgan fingerprint density at radius 2 is 2.16 bits per heavy atom. The van der Waals surface area contributed by atoms with Crippen molar-refractivity contribution in [3.63, 3.8) is 0 Å². The van der Waals surface area contributed by atoms with E-state index in [1.807, 2.05) is 0 Å². The zero-order chi connectivity index (χ0) is 14.2. The number of carbonyl (C=O) groups excluding carboxylic acids is 2. The number of nitrogens with two attached hydrogens (primary N) is 1. The average molecular weight is 346 g/mol. The summed E-state index contributed by atoms with van der Waals surface area (Å²) >= 11 is 9.25. The summed E-state index contributed by atoms with van der Waals surface area (Å²) in [7, 11) is 0. The van der Waals surface area contributed by atoms with Crippen molar-refractivity contribution in [3.8, 4) is 0 Å². The molecule has 0 bridgehead atoms. The van der Waals surface area contributed by atoms with Gasteiger partial charge < -0.3 is 10.6 Å². The molecule has 4 nitrogen and oxygen atoms in total. The van der Waals surface area contributed by atoms with Crippen LogP contribution in [0.4, 0.5) is 0 Å². The molecular formula is C13H14BrClN2O2. The highest BCUT2D eigenvalue weighted by Crippen LogP contribution is 2.32. The van der Waals surface area contributed by atoms with Gasteiger partial charge in [0.2, 0.25) is 5.91 Å². The minimum absolute atomic E-state index is 0.139. The van der Waals surface area contributed by atoms with E-state index in [-0.39, 0.29) is 11.8 Å². The molecule has 1 fully saturated rings. The summed E-state index contributed by atoms with van der Waals surface area (Å²) in [5.41, 5.74) is 5.24. The Morgan fingerprint density at radius 1 is 1.47 bits per heavy atom. The molecule has 1 heterocycles. The predicted octanol–water partition coefficient (Wildman–Crippen LogP) is 2.44. The van der Waals surface area contributed by atoms with E-state index in [1.165, 1.54) is 0 Å². The summed E-state index contributed by atoms with van der Waals surface area (Å²) < 4.78 is 0.689. The van der Waals surface area contributed by atoms with E-state index in [4.69, 9.17) is 17.3 Å². The SMILES string of the molecule is CC1(C(N)=O)CCN(C(=O)c2cc(Cl)ccc2Br)C1. The molecule has 0 aromatic heterocycles. The second-order valence-electron chi connectivity index (χ2n) is 5.03. The van der Waals surface area contributed by atoms with Crippen LogP contribution in [0.3, 0.4) is 0 Å². The van der Waals surface area contributed by atoms with E-state index < -0.39 is 5.41 Å². The van der Waals surface area contributed by atoms with Gasteiger partial charge >= 0.3 is 0 Å². The summed E-state index contributed by atoms with van der Waals surface area (Å²) in [4.78, 5) is 25.5. The van der Waals surface area contributed by atoms with Crippen molar-refractivity contribution in [2.75, 3.05) is 13.1 Å². The molecule has 0 saturated carbocycles. The highest BCUT2D eigenvalue weighted by Gasteiger charge is 2.41. The van der Waals surface area contributed by atoms with Gasteiger partial charge in [-0.2, -0.15) is 0 Å². The molecule has 1 unspecified atom stereocenters. The molecule has 2 rings (SSSR count). The maximum Gasteiger partial charge on any atom is 0.255 e. The van der Waals surface area contributed by atoms with Gasteiger partial charge in [0.25, 0.3) is 5.91 Å². The number of hydrogen-bond acceptors (Lipinski definition) is 2. The van der Waals surface area contributed by atoms with Crippen molar-refractivity contribution in [2.24, 2.45) is 11.1 Å². The molecule has 1 atom stereocenters. The third kappa shape index (κ3) is 2.77. The Kier molecular flexibility index (Phi) is 3.87. The van der Waals surface area contributed by atoms with Gasteiger partial charge in [0.05, 0.1) is 11.0 Å². The van der Waals surface area contributed by atoms with Crippen LogP contribution >= 0.6 is 27.5 Å². The number of nitrogens with zero attached hydrogens (tertiary/aromatic N) is 1. The van der Waals surface area contributed by atoms with Crippen LogP contribution in [0.15, 0.2) is 22.7 Å². The molecule has 19 heavy (non-hydrogen) atoms. The molecule has 0 spiro atoms. The molecule has 6 heteroatoms. The fourth-order valence-corrected chi connectivity index (χ4v) is 2.76. The van der Waals surface area contributed by atoms with E-state index in [2.05, 4.69) is 15.9 Å². The van der Waals surface area contributed by atoms with Crippen LogP contribution in [0.25, 0.3) is 0 Å². The highest BCUT2D eigenvalue weighted by atomic mass is 79.9. The summed E-state index contributed by atoms with van der Waals surface area (Å²) in [6, 6.07) is 5.06. The molecule has 1 aromatic carbocycles. The fraction of sp³-hybridized carbons (Fsp3) is 0.385. The van der Waals surface area contributed by atoms with Crippen molar-refractivity contribution in [2.45, 2.75) is 13.3 Å². The van der Waals surface area contributed by atoms with Gasteiger partial charge in [0.1, 0.15) is 0 Å². The first kappa shape index (κ1) is 14.3. The maximum absolute atomic E-state index is 12.4. The highest BCUT2D eigenvalue weighted by molar-refractivity contribution is 9.10. The summed E-state index contributed by atoms with van der Waals surface area (Å²) in [5, 5.41) is 0.503. The smallest absolute Gasteiger partial charge is 0.255 e. The van der Waals surface area contributed by atoms with E-state index in [0.717, 1.165) is 0 Å². The summed E-state index contributed by atoms with van der Waals surface area (Å²) in [6.45, 7) is 2.66. The Hall–Kier alpha value is -1.07. The van der Waals surface area contributed by atoms with Crippen LogP contribution in [0.2, 0.25) is 5.02 Å². The molecule has 1 aliphatic rings. The number of amides is 2. The van der Waals surface area contributed by atoms with Gasteiger partial charge in [-0.05, 0) is 47.5 Å². The monoisotopic (exact) mass is 344 g/mol. The molecule has 1 aromatic rings. The van der Waals surface area contributed by atoms with E-state index in [9.17, 15) is 9.59 Å². The standard InChI is InChI=1S/C13H14BrClN2O2/c1-13(12(16)19)4-5-17(7-13)11(18)9-6-8(15)2-3-10(9)14/h2-3,6H,4-5,7H2,1H3,(H2,16,19). The Morgan fingerprint density at radius 3 is 2.74 bits per heavy atom. The third-order valence-corrected chi connectivity index (χ3v) is 4.44. The van der Waals surface area contributed by atoms with E-state index in [0.29, 0.717) is 34.6 Å².